The first kappa shape index (κ1) is 20.9. The van der Waals surface area contributed by atoms with Gasteiger partial charge in [0, 0.05) is 12.0 Å². The highest BCUT2D eigenvalue weighted by molar-refractivity contribution is 5.78. The van der Waals surface area contributed by atoms with Gasteiger partial charge < -0.3 is 14.2 Å². The predicted molar refractivity (Wildman–Crippen MR) is 107 cm³/mol. The first-order valence-corrected chi connectivity index (χ1v) is 9.36. The summed E-state index contributed by atoms with van der Waals surface area (Å²) in [6, 6.07) is 18.0. The molecule has 1 heterocycles. The number of nitriles is 2. The summed E-state index contributed by atoms with van der Waals surface area (Å²) in [5.41, 5.74) is -0.122. The number of rotatable bonds is 7. The lowest BCUT2D eigenvalue weighted by molar-refractivity contribution is -0.149. The van der Waals surface area contributed by atoms with Gasteiger partial charge in [-0.25, -0.2) is 4.98 Å². The number of hydrogen-bond acceptors (Lipinski definition) is 7. The number of nitrogens with zero attached hydrogens (tertiary/aromatic N) is 3. The van der Waals surface area contributed by atoms with Crippen LogP contribution in [0.3, 0.4) is 0 Å². The molecule has 0 spiro atoms. The molecule has 1 aromatic heterocycles. The Morgan fingerprint density at radius 1 is 1.17 bits per heavy atom. The summed E-state index contributed by atoms with van der Waals surface area (Å²) in [6.45, 7) is 3.80. The van der Waals surface area contributed by atoms with E-state index < -0.39 is 23.4 Å². The van der Waals surface area contributed by atoms with Gasteiger partial charge in [0.2, 0.25) is 12.0 Å². The van der Waals surface area contributed by atoms with Gasteiger partial charge in [-0.1, -0.05) is 38.1 Å². The minimum Gasteiger partial charge on any atom is -0.487 e. The van der Waals surface area contributed by atoms with E-state index in [1.165, 1.54) is 7.11 Å². The quantitative estimate of drug-likeness (QED) is 0.385. The molecule has 0 N–H and O–H groups in total. The Balaban J connectivity index is 1.72. The first-order valence-electron chi connectivity index (χ1n) is 9.36. The average molecular weight is 403 g/mol. The van der Waals surface area contributed by atoms with E-state index >= 15 is 0 Å². The molecule has 1 fully saturated rings. The van der Waals surface area contributed by atoms with Gasteiger partial charge in [0.15, 0.2) is 5.76 Å². The number of pyridine rings is 1. The fourth-order valence-electron chi connectivity index (χ4n) is 3.34. The number of carbonyl (C=O) groups excluding carboxylic acids is 1. The smallest absolute Gasteiger partial charge is 0.311 e. The van der Waals surface area contributed by atoms with Gasteiger partial charge >= 0.3 is 5.97 Å². The van der Waals surface area contributed by atoms with Crippen molar-refractivity contribution in [2.45, 2.75) is 20.0 Å². The van der Waals surface area contributed by atoms with Crippen LogP contribution in [0.1, 0.15) is 25.6 Å². The van der Waals surface area contributed by atoms with Crippen LogP contribution in [-0.4, -0.2) is 18.1 Å². The van der Waals surface area contributed by atoms with Crippen LogP contribution in [0.4, 0.5) is 0 Å². The van der Waals surface area contributed by atoms with Gasteiger partial charge in [0.25, 0.3) is 0 Å². The number of carbonyl (C=O) groups is 1. The molecule has 3 rings (SSSR count). The van der Waals surface area contributed by atoms with Gasteiger partial charge in [-0.15, -0.1) is 0 Å². The van der Waals surface area contributed by atoms with Gasteiger partial charge in [-0.2, -0.15) is 10.5 Å². The van der Waals surface area contributed by atoms with E-state index in [2.05, 4.69) is 4.98 Å². The minimum atomic E-state index is -1.17. The Kier molecular flexibility index (Phi) is 6.03. The second-order valence-corrected chi connectivity index (χ2v) is 7.43. The van der Waals surface area contributed by atoms with Crippen LogP contribution in [0.5, 0.6) is 11.6 Å². The lowest BCUT2D eigenvalue weighted by atomic mass is 10.1. The van der Waals surface area contributed by atoms with E-state index in [4.69, 9.17) is 19.5 Å². The largest absolute Gasteiger partial charge is 0.487 e. The molecule has 1 aromatic carbocycles. The van der Waals surface area contributed by atoms with Crippen molar-refractivity contribution in [3.8, 4) is 23.8 Å². The SMILES string of the molecule is COC(C#N)=C[C@H]1[C@@H](C(=O)O[C@@H](C#N)c2cccc(Oc3ccccc3)n2)C1(C)C. The molecule has 3 atom stereocenters. The van der Waals surface area contributed by atoms with Crippen LogP contribution >= 0.6 is 0 Å². The Hall–Kier alpha value is -3.84. The average Bonchev–Trinajstić information content (AvgIpc) is 3.30. The molecule has 0 amide bonds. The van der Waals surface area contributed by atoms with Gasteiger partial charge in [-0.05, 0) is 29.7 Å². The minimum absolute atomic E-state index is 0.146. The molecule has 0 saturated heterocycles. The maximum Gasteiger partial charge on any atom is 0.311 e. The highest BCUT2D eigenvalue weighted by Gasteiger charge is 2.62. The number of methoxy groups -OCH3 is 1. The third-order valence-corrected chi connectivity index (χ3v) is 5.16. The molecule has 1 saturated carbocycles. The van der Waals surface area contributed by atoms with E-state index in [1.54, 1.807) is 36.4 Å². The van der Waals surface area contributed by atoms with Gasteiger partial charge in [0.05, 0.1) is 18.7 Å². The summed E-state index contributed by atoms with van der Waals surface area (Å²) in [6.07, 6.45) is 0.454. The summed E-state index contributed by atoms with van der Waals surface area (Å²) in [4.78, 5) is 17.0. The number of allylic oxidation sites excluding steroid dienone is 2. The zero-order valence-electron chi connectivity index (χ0n) is 16.9. The topological polar surface area (TPSA) is 105 Å². The molecule has 0 aliphatic heterocycles. The maximum absolute atomic E-state index is 12.7. The van der Waals surface area contributed by atoms with Crippen molar-refractivity contribution in [2.75, 3.05) is 7.11 Å². The fraction of sp³-hybridized carbons (Fsp3) is 0.304. The van der Waals surface area contributed by atoms with Crippen LogP contribution in [-0.2, 0) is 14.3 Å². The Morgan fingerprint density at radius 2 is 1.90 bits per heavy atom. The summed E-state index contributed by atoms with van der Waals surface area (Å²) in [7, 11) is 1.40. The van der Waals surface area contributed by atoms with Crippen LogP contribution in [0.15, 0.2) is 60.4 Å². The monoisotopic (exact) mass is 403 g/mol. The Bertz CT molecular complexity index is 1030. The molecule has 1 aliphatic rings. The summed E-state index contributed by atoms with van der Waals surface area (Å²) < 4.78 is 16.1. The van der Waals surface area contributed by atoms with Crippen molar-refractivity contribution in [3.63, 3.8) is 0 Å². The standard InChI is InChI=1S/C23H21N3O4/c1-23(2)17(12-16(13-24)28-3)21(23)22(27)30-19(14-25)18-10-7-11-20(26-18)29-15-8-5-4-6-9-15/h4-12,17,19,21H,1-3H3/t17-,19-,21-/m0/s1. The van der Waals surface area contributed by atoms with E-state index in [1.807, 2.05) is 44.2 Å². The van der Waals surface area contributed by atoms with E-state index in [0.717, 1.165) is 0 Å². The number of benzene rings is 1. The van der Waals surface area contributed by atoms with Crippen molar-refractivity contribution in [1.82, 2.24) is 4.98 Å². The lowest BCUT2D eigenvalue weighted by Crippen LogP contribution is -2.15. The number of hydrogen-bond donors (Lipinski definition) is 0. The summed E-state index contributed by atoms with van der Waals surface area (Å²) in [5.74, 6) is -0.157. The molecule has 0 radical (unpaired) electrons. The van der Waals surface area contributed by atoms with Crippen molar-refractivity contribution in [3.05, 3.63) is 66.1 Å². The molecule has 7 heteroatoms. The molecule has 1 aliphatic carbocycles. The molecule has 30 heavy (non-hydrogen) atoms. The first-order chi connectivity index (χ1) is 14.4. The van der Waals surface area contributed by atoms with Crippen LogP contribution < -0.4 is 4.74 Å². The molecule has 0 unspecified atom stereocenters. The van der Waals surface area contributed by atoms with E-state index in [-0.39, 0.29) is 17.4 Å². The van der Waals surface area contributed by atoms with Crippen LogP contribution in [0.25, 0.3) is 0 Å². The summed E-state index contributed by atoms with van der Waals surface area (Å²) >= 11 is 0. The van der Waals surface area contributed by atoms with Crippen molar-refractivity contribution < 1.29 is 19.0 Å². The lowest BCUT2D eigenvalue weighted by Gasteiger charge is -2.12. The van der Waals surface area contributed by atoms with Crippen molar-refractivity contribution in [1.29, 1.82) is 10.5 Å². The Morgan fingerprint density at radius 3 is 2.53 bits per heavy atom. The second-order valence-electron chi connectivity index (χ2n) is 7.43. The molecule has 0 bridgehead atoms. The third-order valence-electron chi connectivity index (χ3n) is 5.16. The van der Waals surface area contributed by atoms with Crippen molar-refractivity contribution in [2.24, 2.45) is 17.3 Å². The van der Waals surface area contributed by atoms with E-state index in [0.29, 0.717) is 11.6 Å². The number of esters is 1. The fourth-order valence-corrected chi connectivity index (χ4v) is 3.34. The normalized spacial score (nSPS) is 20.2. The highest BCUT2D eigenvalue weighted by Crippen LogP contribution is 2.60. The molecular formula is C23H21N3O4. The summed E-state index contributed by atoms with van der Waals surface area (Å²) in [5, 5.41) is 18.6. The van der Waals surface area contributed by atoms with Gasteiger partial charge in [-0.3, -0.25) is 4.79 Å². The zero-order valence-corrected chi connectivity index (χ0v) is 16.9. The van der Waals surface area contributed by atoms with E-state index in [9.17, 15) is 10.1 Å². The van der Waals surface area contributed by atoms with Crippen LogP contribution in [0.2, 0.25) is 0 Å². The number of aromatic nitrogens is 1. The molecule has 7 nitrogen and oxygen atoms in total. The second kappa shape index (κ2) is 8.67. The zero-order chi connectivity index (χ0) is 21.7. The highest BCUT2D eigenvalue weighted by atomic mass is 16.5. The van der Waals surface area contributed by atoms with Crippen molar-refractivity contribution >= 4 is 5.97 Å². The Labute approximate surface area is 175 Å². The predicted octanol–water partition coefficient (Wildman–Crippen LogP) is 4.31. The third kappa shape index (κ3) is 4.42. The molecular weight excluding hydrogens is 382 g/mol. The maximum atomic E-state index is 12.7. The molecule has 152 valence electrons. The van der Waals surface area contributed by atoms with Crippen LogP contribution in [0, 0.1) is 39.9 Å². The number of ether oxygens (including phenoxy) is 3. The van der Waals surface area contributed by atoms with Gasteiger partial charge in [0.1, 0.15) is 17.9 Å². The molecule has 2 aromatic rings. The number of para-hydroxylation sites is 1.